The quantitative estimate of drug-likeness (QED) is 0.619. The molecule has 1 amide bonds. The second-order valence-electron chi connectivity index (χ2n) is 5.24. The van der Waals surface area contributed by atoms with E-state index in [1.54, 1.807) is 24.3 Å². The number of nitrogens with one attached hydrogen (secondary N) is 1. The first-order valence-electron chi connectivity index (χ1n) is 6.95. The van der Waals surface area contributed by atoms with Gasteiger partial charge in [0, 0.05) is 12.0 Å². The van der Waals surface area contributed by atoms with E-state index in [4.69, 9.17) is 4.74 Å². The Morgan fingerprint density at radius 2 is 1.86 bits per heavy atom. The van der Waals surface area contributed by atoms with Gasteiger partial charge in [-0.05, 0) is 31.4 Å². The molecule has 1 aromatic carbocycles. The van der Waals surface area contributed by atoms with E-state index in [-0.39, 0.29) is 12.4 Å². The predicted molar refractivity (Wildman–Crippen MR) is 80.1 cm³/mol. The third-order valence-corrected chi connectivity index (χ3v) is 2.87. The van der Waals surface area contributed by atoms with Crippen LogP contribution >= 0.6 is 0 Å². The molecule has 114 valence electrons. The van der Waals surface area contributed by atoms with Crippen LogP contribution in [0.2, 0.25) is 0 Å². The summed E-state index contributed by atoms with van der Waals surface area (Å²) in [5, 5.41) is 2.58. The number of Topliss-reactive ketones (excluding diaryl/α,β-unsaturated/α-hetero) is 1. The summed E-state index contributed by atoms with van der Waals surface area (Å²) in [5.41, 5.74) is 0.852. The molecule has 0 saturated carbocycles. The van der Waals surface area contributed by atoms with E-state index in [2.05, 4.69) is 5.32 Å². The lowest BCUT2D eigenvalue weighted by Crippen LogP contribution is -2.22. The molecule has 21 heavy (non-hydrogen) atoms. The van der Waals surface area contributed by atoms with Gasteiger partial charge >= 0.3 is 5.97 Å². The van der Waals surface area contributed by atoms with Gasteiger partial charge in [0.2, 0.25) is 0 Å². The number of benzene rings is 1. The van der Waals surface area contributed by atoms with Gasteiger partial charge in [0.25, 0.3) is 5.91 Å². The molecule has 1 aromatic rings. The summed E-state index contributed by atoms with van der Waals surface area (Å²) in [6, 6.07) is 6.71. The van der Waals surface area contributed by atoms with Crippen LogP contribution in [0.15, 0.2) is 24.3 Å². The molecule has 0 atom stereocenters. The van der Waals surface area contributed by atoms with Gasteiger partial charge in [-0.15, -0.1) is 0 Å². The van der Waals surface area contributed by atoms with Crippen LogP contribution in [0.1, 0.15) is 44.0 Å². The summed E-state index contributed by atoms with van der Waals surface area (Å²) in [7, 11) is 0. The Morgan fingerprint density at radius 1 is 1.19 bits per heavy atom. The average Bonchev–Trinajstić information content (AvgIpc) is 2.43. The monoisotopic (exact) mass is 291 g/mol. The molecule has 1 rings (SSSR count). The van der Waals surface area contributed by atoms with Crippen molar-refractivity contribution in [1.82, 2.24) is 0 Å². The van der Waals surface area contributed by atoms with E-state index < -0.39 is 11.9 Å². The Kier molecular flexibility index (Phi) is 6.59. The Hall–Kier alpha value is -2.17. The maximum absolute atomic E-state index is 11.7. The molecule has 5 heteroatoms. The first-order chi connectivity index (χ1) is 9.90. The molecule has 5 nitrogen and oxygen atoms in total. The van der Waals surface area contributed by atoms with Crippen molar-refractivity contribution in [3.05, 3.63) is 29.8 Å². The number of para-hydroxylation sites is 1. The van der Waals surface area contributed by atoms with Crippen molar-refractivity contribution in [2.75, 3.05) is 11.9 Å². The summed E-state index contributed by atoms with van der Waals surface area (Å²) in [6.07, 6.45) is 1.03. The van der Waals surface area contributed by atoms with Gasteiger partial charge in [-0.3, -0.25) is 14.4 Å². The zero-order valence-corrected chi connectivity index (χ0v) is 12.6. The first kappa shape index (κ1) is 16.9. The van der Waals surface area contributed by atoms with E-state index in [1.807, 2.05) is 13.8 Å². The Balaban J connectivity index is 2.48. The number of carbonyl (C=O) groups is 3. The van der Waals surface area contributed by atoms with Crippen molar-refractivity contribution in [3.8, 4) is 0 Å². The van der Waals surface area contributed by atoms with Crippen molar-refractivity contribution in [1.29, 1.82) is 0 Å². The molecular formula is C16H21NO4. The molecular weight excluding hydrogens is 270 g/mol. The van der Waals surface area contributed by atoms with E-state index in [1.165, 1.54) is 6.92 Å². The van der Waals surface area contributed by atoms with Crippen LogP contribution in [0, 0.1) is 5.92 Å². The fraction of sp³-hybridized carbons (Fsp3) is 0.438. The minimum atomic E-state index is -0.457. The van der Waals surface area contributed by atoms with Gasteiger partial charge in [0.1, 0.15) is 0 Å². The predicted octanol–water partition coefficient (Wildman–Crippen LogP) is 2.81. The Bertz CT molecular complexity index is 523. The van der Waals surface area contributed by atoms with E-state index in [9.17, 15) is 14.4 Å². The van der Waals surface area contributed by atoms with Gasteiger partial charge in [0.05, 0.1) is 5.69 Å². The van der Waals surface area contributed by atoms with Gasteiger partial charge in [-0.2, -0.15) is 0 Å². The lowest BCUT2D eigenvalue weighted by atomic mass is 10.1. The van der Waals surface area contributed by atoms with Crippen LogP contribution in [0.4, 0.5) is 5.69 Å². The molecule has 0 spiro atoms. The number of amides is 1. The highest BCUT2D eigenvalue weighted by Gasteiger charge is 2.12. The van der Waals surface area contributed by atoms with Crippen molar-refractivity contribution in [2.24, 2.45) is 5.92 Å². The molecule has 0 aliphatic rings. The number of hydrogen-bond acceptors (Lipinski definition) is 4. The summed E-state index contributed by atoms with van der Waals surface area (Å²) in [4.78, 5) is 34.6. The second-order valence-corrected chi connectivity index (χ2v) is 5.24. The highest BCUT2D eigenvalue weighted by atomic mass is 16.5. The summed E-state index contributed by atoms with van der Waals surface area (Å²) >= 11 is 0. The third kappa shape index (κ3) is 6.21. The zero-order valence-electron chi connectivity index (χ0n) is 12.6. The van der Waals surface area contributed by atoms with Crippen molar-refractivity contribution >= 4 is 23.3 Å². The lowest BCUT2D eigenvalue weighted by molar-refractivity contribution is -0.147. The van der Waals surface area contributed by atoms with E-state index >= 15 is 0 Å². The van der Waals surface area contributed by atoms with E-state index in [0.29, 0.717) is 23.6 Å². The summed E-state index contributed by atoms with van der Waals surface area (Å²) < 4.78 is 4.89. The van der Waals surface area contributed by atoms with Gasteiger partial charge in [0.15, 0.2) is 12.4 Å². The molecule has 0 unspecified atom stereocenters. The average molecular weight is 291 g/mol. The molecule has 0 saturated heterocycles. The highest BCUT2D eigenvalue weighted by Crippen LogP contribution is 2.15. The molecule has 0 aromatic heterocycles. The molecule has 0 bridgehead atoms. The summed E-state index contributed by atoms with van der Waals surface area (Å²) in [5.74, 6) is -0.575. The molecule has 0 radical (unpaired) electrons. The van der Waals surface area contributed by atoms with Crippen LogP contribution in [0.3, 0.4) is 0 Å². The Labute approximate surface area is 124 Å². The molecule has 1 N–H and O–H groups in total. The number of esters is 1. The van der Waals surface area contributed by atoms with Crippen LogP contribution in [-0.2, 0) is 14.3 Å². The van der Waals surface area contributed by atoms with Gasteiger partial charge < -0.3 is 10.1 Å². The lowest BCUT2D eigenvalue weighted by Gasteiger charge is -2.09. The smallest absolute Gasteiger partial charge is 0.306 e. The normalized spacial score (nSPS) is 10.3. The number of anilines is 1. The third-order valence-electron chi connectivity index (χ3n) is 2.87. The molecule has 0 aliphatic heterocycles. The zero-order chi connectivity index (χ0) is 15.8. The number of ether oxygens (including phenoxy) is 1. The van der Waals surface area contributed by atoms with Crippen LogP contribution in [0.25, 0.3) is 0 Å². The minimum Gasteiger partial charge on any atom is -0.456 e. The van der Waals surface area contributed by atoms with Gasteiger partial charge in [-0.1, -0.05) is 26.0 Å². The van der Waals surface area contributed by atoms with Crippen molar-refractivity contribution < 1.29 is 19.1 Å². The summed E-state index contributed by atoms with van der Waals surface area (Å²) in [6.45, 7) is 5.11. The standard InChI is InChI=1S/C16H21NO4/c1-11(2)8-9-16(20)21-10-15(19)17-14-7-5-4-6-13(14)12(3)18/h4-7,11H,8-10H2,1-3H3,(H,17,19). The SMILES string of the molecule is CC(=O)c1ccccc1NC(=O)COC(=O)CCC(C)C. The number of hydrogen-bond donors (Lipinski definition) is 1. The van der Waals surface area contributed by atoms with E-state index in [0.717, 1.165) is 6.42 Å². The first-order valence-corrected chi connectivity index (χ1v) is 6.95. The van der Waals surface area contributed by atoms with Crippen LogP contribution in [0.5, 0.6) is 0 Å². The fourth-order valence-corrected chi connectivity index (χ4v) is 1.71. The number of carbonyl (C=O) groups excluding carboxylic acids is 3. The second kappa shape index (κ2) is 8.19. The van der Waals surface area contributed by atoms with Crippen molar-refractivity contribution in [2.45, 2.75) is 33.6 Å². The maximum atomic E-state index is 11.7. The van der Waals surface area contributed by atoms with Crippen LogP contribution < -0.4 is 5.32 Å². The Morgan fingerprint density at radius 3 is 2.48 bits per heavy atom. The molecule has 0 fully saturated rings. The largest absolute Gasteiger partial charge is 0.456 e. The molecule has 0 heterocycles. The van der Waals surface area contributed by atoms with Gasteiger partial charge in [-0.25, -0.2) is 0 Å². The topological polar surface area (TPSA) is 72.5 Å². The number of rotatable bonds is 7. The number of ketones is 1. The minimum absolute atomic E-state index is 0.139. The van der Waals surface area contributed by atoms with Crippen LogP contribution in [-0.4, -0.2) is 24.3 Å². The molecule has 0 aliphatic carbocycles. The maximum Gasteiger partial charge on any atom is 0.306 e. The van der Waals surface area contributed by atoms with Crippen molar-refractivity contribution in [3.63, 3.8) is 0 Å². The highest BCUT2D eigenvalue weighted by molar-refractivity contribution is 6.04. The fourth-order valence-electron chi connectivity index (χ4n) is 1.71.